The monoisotopic (exact) mass is 491 g/mol. The number of halogens is 3. The molecular weight excluding hydrogens is 473 g/mol. The molecule has 0 aliphatic heterocycles. The van der Waals surface area contributed by atoms with E-state index in [1.807, 2.05) is 0 Å². The lowest BCUT2D eigenvalue weighted by Crippen LogP contribution is -2.56. The molecule has 0 saturated carbocycles. The van der Waals surface area contributed by atoms with Crippen LogP contribution in [0.4, 0.5) is 5.69 Å². The topological polar surface area (TPSA) is 80.9 Å². The fourth-order valence-corrected chi connectivity index (χ4v) is 2.93. The molecule has 3 N–H and O–H groups in total. The number of amides is 1. The Balaban J connectivity index is 2.10. The number of carbonyl (C=O) groups is 1. The Morgan fingerprint density at radius 3 is 2.10 bits per heavy atom. The zero-order chi connectivity index (χ0) is 22.3. The molecule has 2 aromatic rings. The van der Waals surface area contributed by atoms with Crippen LogP contribution in [0.25, 0.3) is 0 Å². The second-order valence-electron chi connectivity index (χ2n) is 5.84. The van der Waals surface area contributed by atoms with E-state index in [2.05, 4.69) is 16.0 Å². The number of carbonyl (C=O) groups excluding carboxylic acids is 1. The minimum absolute atomic E-state index is 0.143. The maximum absolute atomic E-state index is 12.7. The summed E-state index contributed by atoms with van der Waals surface area (Å²) in [6.45, 7) is 0. The molecule has 7 nitrogen and oxygen atoms in total. The number of hydrogen-bond acceptors (Lipinski definition) is 5. The van der Waals surface area contributed by atoms with Crippen LogP contribution in [0.1, 0.15) is 10.4 Å². The largest absolute Gasteiger partial charge is 0.497 e. The van der Waals surface area contributed by atoms with Crippen LogP contribution < -0.4 is 30.2 Å². The number of methoxy groups -OCH3 is 3. The minimum atomic E-state index is -1.89. The van der Waals surface area contributed by atoms with E-state index in [1.54, 1.807) is 43.5 Å². The minimum Gasteiger partial charge on any atom is -0.497 e. The van der Waals surface area contributed by atoms with Crippen molar-refractivity contribution in [1.29, 1.82) is 0 Å². The third-order valence-electron chi connectivity index (χ3n) is 3.87. The molecule has 0 bridgehead atoms. The SMILES string of the molecule is COc1ccc(NC(=S)N[C@H](NC(=O)c2ccc(OC)c(OC)c2)C(Cl)(Cl)Cl)cc1. The number of nitrogens with one attached hydrogen (secondary N) is 3. The van der Waals surface area contributed by atoms with Gasteiger partial charge in [0.25, 0.3) is 5.91 Å². The number of thiocarbonyl (C=S) groups is 1. The van der Waals surface area contributed by atoms with Gasteiger partial charge in [-0.2, -0.15) is 0 Å². The zero-order valence-electron chi connectivity index (χ0n) is 16.3. The van der Waals surface area contributed by atoms with Crippen molar-refractivity contribution >= 4 is 63.7 Å². The van der Waals surface area contributed by atoms with Gasteiger partial charge in [-0.1, -0.05) is 34.8 Å². The molecule has 30 heavy (non-hydrogen) atoms. The highest BCUT2D eigenvalue weighted by molar-refractivity contribution is 7.80. The Kier molecular flexibility index (Phi) is 8.66. The van der Waals surface area contributed by atoms with Crippen molar-refractivity contribution < 1.29 is 19.0 Å². The van der Waals surface area contributed by atoms with Gasteiger partial charge in [0.15, 0.2) is 16.6 Å². The molecule has 1 atom stereocenters. The van der Waals surface area contributed by atoms with Crippen molar-refractivity contribution in [2.24, 2.45) is 0 Å². The average Bonchev–Trinajstić information content (AvgIpc) is 2.72. The van der Waals surface area contributed by atoms with Crippen LogP contribution in [0, 0.1) is 0 Å². The van der Waals surface area contributed by atoms with Crippen LogP contribution in [0.2, 0.25) is 0 Å². The van der Waals surface area contributed by atoms with E-state index in [9.17, 15) is 4.79 Å². The van der Waals surface area contributed by atoms with Gasteiger partial charge < -0.3 is 30.2 Å². The second-order valence-corrected chi connectivity index (χ2v) is 8.62. The smallest absolute Gasteiger partial charge is 0.253 e. The number of anilines is 1. The molecule has 0 aromatic heterocycles. The second kappa shape index (κ2) is 10.8. The number of hydrogen-bond donors (Lipinski definition) is 3. The first-order chi connectivity index (χ1) is 14.2. The lowest BCUT2D eigenvalue weighted by Gasteiger charge is -2.28. The fourth-order valence-electron chi connectivity index (χ4n) is 2.36. The van der Waals surface area contributed by atoms with Gasteiger partial charge in [0, 0.05) is 11.3 Å². The normalized spacial score (nSPS) is 11.8. The van der Waals surface area contributed by atoms with Crippen molar-refractivity contribution in [3.63, 3.8) is 0 Å². The molecule has 0 radical (unpaired) electrons. The standard InChI is InChI=1S/C19H20Cl3N3O4S/c1-27-13-7-5-12(6-8-13)23-18(30)25-17(19(20,21)22)24-16(26)11-4-9-14(28-2)15(10-11)29-3/h4-10,17H,1-3H3,(H,24,26)(H2,23,25,30)/t17-/m0/s1. The first-order valence-electron chi connectivity index (χ1n) is 8.49. The van der Waals surface area contributed by atoms with Gasteiger partial charge >= 0.3 is 0 Å². The predicted octanol–water partition coefficient (Wildman–Crippen LogP) is 4.13. The molecule has 0 fully saturated rings. The summed E-state index contributed by atoms with van der Waals surface area (Å²) in [5.74, 6) is 1.06. The predicted molar refractivity (Wildman–Crippen MR) is 123 cm³/mol. The first-order valence-corrected chi connectivity index (χ1v) is 10.0. The van der Waals surface area contributed by atoms with Gasteiger partial charge in [0.2, 0.25) is 3.79 Å². The maximum atomic E-state index is 12.7. The van der Waals surface area contributed by atoms with Crippen molar-refractivity contribution in [1.82, 2.24) is 10.6 Å². The molecule has 2 rings (SSSR count). The molecule has 0 aliphatic carbocycles. The molecule has 0 heterocycles. The quantitative estimate of drug-likeness (QED) is 0.305. The maximum Gasteiger partial charge on any atom is 0.253 e. The van der Waals surface area contributed by atoms with Crippen LogP contribution >= 0.6 is 47.0 Å². The van der Waals surface area contributed by atoms with E-state index in [4.69, 9.17) is 61.2 Å². The van der Waals surface area contributed by atoms with Crippen LogP contribution in [0.15, 0.2) is 42.5 Å². The van der Waals surface area contributed by atoms with Gasteiger partial charge in [0.1, 0.15) is 11.9 Å². The van der Waals surface area contributed by atoms with E-state index in [0.29, 0.717) is 22.9 Å². The van der Waals surface area contributed by atoms with E-state index in [1.165, 1.54) is 20.3 Å². The van der Waals surface area contributed by atoms with Gasteiger partial charge in [-0.15, -0.1) is 0 Å². The highest BCUT2D eigenvalue weighted by Gasteiger charge is 2.35. The summed E-state index contributed by atoms with van der Waals surface area (Å²) in [5, 5.41) is 8.48. The van der Waals surface area contributed by atoms with Crippen molar-refractivity contribution in [3.05, 3.63) is 48.0 Å². The van der Waals surface area contributed by atoms with Crippen molar-refractivity contribution in [2.75, 3.05) is 26.6 Å². The highest BCUT2D eigenvalue weighted by atomic mass is 35.6. The molecule has 2 aromatic carbocycles. The van der Waals surface area contributed by atoms with Gasteiger partial charge in [-0.25, -0.2) is 0 Å². The van der Waals surface area contributed by atoms with Crippen LogP contribution in [0.5, 0.6) is 17.2 Å². The highest BCUT2D eigenvalue weighted by Crippen LogP contribution is 2.30. The molecule has 0 spiro atoms. The molecule has 162 valence electrons. The Labute approximate surface area is 194 Å². The van der Waals surface area contributed by atoms with Gasteiger partial charge in [-0.05, 0) is 54.7 Å². The van der Waals surface area contributed by atoms with Crippen molar-refractivity contribution in [2.45, 2.75) is 9.96 Å². The number of rotatable bonds is 7. The summed E-state index contributed by atoms with van der Waals surface area (Å²) < 4.78 is 13.6. The summed E-state index contributed by atoms with van der Waals surface area (Å²) >= 11 is 23.4. The number of benzene rings is 2. The van der Waals surface area contributed by atoms with E-state index in [-0.39, 0.29) is 10.7 Å². The van der Waals surface area contributed by atoms with E-state index < -0.39 is 15.9 Å². The molecule has 1 amide bonds. The fraction of sp³-hybridized carbons (Fsp3) is 0.263. The molecule has 0 unspecified atom stereocenters. The Hall–Kier alpha value is -2.13. The first kappa shape index (κ1) is 24.1. The van der Waals surface area contributed by atoms with Gasteiger partial charge in [-0.3, -0.25) is 4.79 Å². The lowest BCUT2D eigenvalue weighted by atomic mass is 10.2. The summed E-state index contributed by atoms with van der Waals surface area (Å²) in [4.78, 5) is 12.7. The zero-order valence-corrected chi connectivity index (χ0v) is 19.4. The molecular formula is C19H20Cl3N3O4S. The lowest BCUT2D eigenvalue weighted by molar-refractivity contribution is 0.0934. The van der Waals surface area contributed by atoms with Crippen LogP contribution in [-0.4, -0.2) is 42.3 Å². The van der Waals surface area contributed by atoms with E-state index in [0.717, 1.165) is 0 Å². The van der Waals surface area contributed by atoms with Crippen LogP contribution in [-0.2, 0) is 0 Å². The summed E-state index contributed by atoms with van der Waals surface area (Å²) in [6, 6.07) is 11.7. The molecule has 0 saturated heterocycles. The van der Waals surface area contributed by atoms with Crippen molar-refractivity contribution in [3.8, 4) is 17.2 Å². The number of alkyl halides is 3. The molecule has 11 heteroatoms. The average molecular weight is 493 g/mol. The molecule has 0 aliphatic rings. The third-order valence-corrected chi connectivity index (χ3v) is 4.75. The Bertz CT molecular complexity index is 892. The Morgan fingerprint density at radius 2 is 1.57 bits per heavy atom. The third kappa shape index (κ3) is 6.70. The summed E-state index contributed by atoms with van der Waals surface area (Å²) in [6.07, 6.45) is -1.12. The number of ether oxygens (including phenoxy) is 3. The summed E-state index contributed by atoms with van der Waals surface area (Å²) in [7, 11) is 4.53. The van der Waals surface area contributed by atoms with Gasteiger partial charge in [0.05, 0.1) is 21.3 Å². The van der Waals surface area contributed by atoms with Crippen LogP contribution in [0.3, 0.4) is 0 Å². The Morgan fingerprint density at radius 1 is 0.933 bits per heavy atom. The van der Waals surface area contributed by atoms with E-state index >= 15 is 0 Å². The summed E-state index contributed by atoms with van der Waals surface area (Å²) in [5.41, 5.74) is 0.963.